The van der Waals surface area contributed by atoms with Crippen LogP contribution in [0.4, 0.5) is 0 Å². The highest BCUT2D eigenvalue weighted by Crippen LogP contribution is 2.42. The van der Waals surface area contributed by atoms with Gasteiger partial charge in [-0.15, -0.1) is 0 Å². The van der Waals surface area contributed by atoms with Crippen LogP contribution >= 0.6 is 0 Å². The van der Waals surface area contributed by atoms with Crippen molar-refractivity contribution in [2.75, 3.05) is 0 Å². The van der Waals surface area contributed by atoms with Crippen LogP contribution in [0, 0.1) is 6.92 Å². The van der Waals surface area contributed by atoms with Gasteiger partial charge in [-0.2, -0.15) is 0 Å². The van der Waals surface area contributed by atoms with Crippen molar-refractivity contribution in [1.29, 1.82) is 0 Å². The third kappa shape index (κ3) is 2.56. The van der Waals surface area contributed by atoms with Gasteiger partial charge in [-0.1, -0.05) is 0 Å². The first-order valence-electron chi connectivity index (χ1n) is 7.18. The number of phenols is 2. The first-order chi connectivity index (χ1) is 11.4. The average Bonchev–Trinajstić information content (AvgIpc) is 2.52. The van der Waals surface area contributed by atoms with Crippen LogP contribution in [-0.4, -0.2) is 20.1 Å². The molecule has 0 spiro atoms. The molecule has 0 atom stereocenters. The minimum atomic E-state index is -0.331. The summed E-state index contributed by atoms with van der Waals surface area (Å²) in [4.78, 5) is 9.86. The summed E-state index contributed by atoms with van der Waals surface area (Å²) >= 11 is 0. The Morgan fingerprint density at radius 1 is 0.880 bits per heavy atom. The van der Waals surface area contributed by atoms with E-state index in [1.54, 1.807) is 13.0 Å². The second-order valence-corrected chi connectivity index (χ2v) is 5.57. The van der Waals surface area contributed by atoms with E-state index >= 15 is 0 Å². The Morgan fingerprint density at radius 3 is 2.24 bits per heavy atom. The molecule has 0 saturated heterocycles. The molecule has 0 bridgehead atoms. The molecule has 25 heavy (non-hydrogen) atoms. The summed E-state index contributed by atoms with van der Waals surface area (Å²) in [6, 6.07) is 8.62. The summed E-state index contributed by atoms with van der Waals surface area (Å²) in [5.74, 6) is -0.0696. The summed E-state index contributed by atoms with van der Waals surface area (Å²) in [6.45, 7) is 1.73. The standard InChI is InChI=1S/C18H12O6.ClH/c1-8-4-11-16-14(23-8)6-10(19)7-15(16)24-18(17(11)22)9-2-3-12(20)13(21)5-9;/h2-7,20-22H,1H3;1H. The Balaban J connectivity index is 0.00000182. The molecule has 2 aromatic carbocycles. The van der Waals surface area contributed by atoms with Crippen molar-refractivity contribution in [2.24, 2.45) is 0 Å². The molecule has 0 aliphatic carbocycles. The number of halogens is 1. The highest BCUT2D eigenvalue weighted by atomic mass is 35.5. The van der Waals surface area contributed by atoms with Crippen molar-refractivity contribution < 1.29 is 41.4 Å². The lowest BCUT2D eigenvalue weighted by Crippen LogP contribution is -3.00. The molecule has 0 saturated carbocycles. The average molecular weight is 361 g/mol. The third-order valence-corrected chi connectivity index (χ3v) is 3.86. The minimum absolute atomic E-state index is 0. The molecule has 0 fully saturated rings. The fourth-order valence-electron chi connectivity index (χ4n) is 2.81. The number of hydrogen-bond acceptors (Lipinski definition) is 5. The molecule has 0 aliphatic rings. The lowest BCUT2D eigenvalue weighted by molar-refractivity contribution is -0.00000943. The largest absolute Gasteiger partial charge is 1.00 e. The van der Waals surface area contributed by atoms with E-state index in [4.69, 9.17) is 8.83 Å². The van der Waals surface area contributed by atoms with Gasteiger partial charge in [0.1, 0.15) is 16.9 Å². The van der Waals surface area contributed by atoms with Gasteiger partial charge >= 0.3 is 5.43 Å². The Kier molecular flexibility index (Phi) is 3.85. The maximum Gasteiger partial charge on any atom is 0.347 e. The van der Waals surface area contributed by atoms with E-state index in [2.05, 4.69) is 0 Å². The Bertz CT molecular complexity index is 1170. The monoisotopic (exact) mass is 360 g/mol. The zero-order valence-corrected chi connectivity index (χ0v) is 13.7. The highest BCUT2D eigenvalue weighted by Gasteiger charge is 2.19. The van der Waals surface area contributed by atoms with Crippen molar-refractivity contribution in [2.45, 2.75) is 6.92 Å². The molecule has 0 radical (unpaired) electrons. The Hall–Kier alpha value is -3.12. The van der Waals surface area contributed by atoms with Crippen molar-refractivity contribution in [3.8, 4) is 28.6 Å². The highest BCUT2D eigenvalue weighted by molar-refractivity contribution is 6.09. The van der Waals surface area contributed by atoms with Crippen molar-refractivity contribution in [3.63, 3.8) is 0 Å². The van der Waals surface area contributed by atoms with Crippen LogP contribution in [0.5, 0.6) is 17.2 Å². The van der Waals surface area contributed by atoms with Gasteiger partial charge in [-0.3, -0.25) is 4.79 Å². The lowest BCUT2D eigenvalue weighted by atomic mass is 10.0. The summed E-state index contributed by atoms with van der Waals surface area (Å²) in [6.07, 6.45) is 0. The quantitative estimate of drug-likeness (QED) is 0.334. The van der Waals surface area contributed by atoms with E-state index in [1.165, 1.54) is 30.3 Å². The van der Waals surface area contributed by atoms with Crippen molar-refractivity contribution in [1.82, 2.24) is 0 Å². The fourth-order valence-corrected chi connectivity index (χ4v) is 2.81. The summed E-state index contributed by atoms with van der Waals surface area (Å²) in [5.41, 5.74) is 1.05. The van der Waals surface area contributed by atoms with Gasteiger partial charge < -0.3 is 36.6 Å². The van der Waals surface area contributed by atoms with Gasteiger partial charge in [0.2, 0.25) is 0 Å². The maximum absolute atomic E-state index is 10.6. The fraction of sp³-hybridized carbons (Fsp3) is 0.0556. The molecule has 128 valence electrons. The van der Waals surface area contributed by atoms with Gasteiger partial charge in [0.05, 0.1) is 17.5 Å². The molecule has 6 nitrogen and oxygen atoms in total. The molecular weight excluding hydrogens is 348 g/mol. The van der Waals surface area contributed by atoms with Crippen LogP contribution < -0.4 is 17.8 Å². The summed E-state index contributed by atoms with van der Waals surface area (Å²) in [5, 5.41) is 30.8. The van der Waals surface area contributed by atoms with E-state index in [1.807, 2.05) is 0 Å². The smallest absolute Gasteiger partial charge is 0.347 e. The van der Waals surface area contributed by atoms with E-state index in [0.29, 0.717) is 33.3 Å². The number of phenolic OH excluding ortho intramolecular Hbond substituents is 2. The van der Waals surface area contributed by atoms with Crippen molar-refractivity contribution in [3.05, 3.63) is 47.6 Å². The molecule has 0 aliphatic heterocycles. The SMILES string of the molecule is Cc1cc2c(O)c(-c3ccc(O)c(O)c3)oc3cc(=[OH+])cc(o1)c32.[Cl-]. The second kappa shape index (κ2) is 5.75. The number of aryl methyl sites for hydroxylation is 1. The molecule has 4 N–H and O–H groups in total. The van der Waals surface area contributed by atoms with E-state index < -0.39 is 0 Å². The predicted octanol–water partition coefficient (Wildman–Crippen LogP) is 0.280. The van der Waals surface area contributed by atoms with Gasteiger partial charge in [0.25, 0.3) is 0 Å². The summed E-state index contributed by atoms with van der Waals surface area (Å²) in [7, 11) is 0. The molecule has 2 aromatic heterocycles. The lowest BCUT2D eigenvalue weighted by Gasteiger charge is -2.11. The van der Waals surface area contributed by atoms with Gasteiger partial charge in [-0.25, -0.2) is 0 Å². The normalized spacial score (nSPS) is 10.9. The third-order valence-electron chi connectivity index (χ3n) is 3.86. The van der Waals surface area contributed by atoms with Crippen LogP contribution in [0.3, 0.4) is 0 Å². The zero-order chi connectivity index (χ0) is 17.0. The molecule has 0 unspecified atom stereocenters. The molecule has 4 aromatic rings. The van der Waals surface area contributed by atoms with Crippen LogP contribution in [0.25, 0.3) is 33.3 Å². The van der Waals surface area contributed by atoms with E-state index in [9.17, 15) is 20.1 Å². The molecular formula is C18H13ClO6. The van der Waals surface area contributed by atoms with E-state index in [0.717, 1.165) is 0 Å². The summed E-state index contributed by atoms with van der Waals surface area (Å²) < 4.78 is 11.3. The Morgan fingerprint density at radius 2 is 1.56 bits per heavy atom. The maximum atomic E-state index is 10.6. The van der Waals surface area contributed by atoms with Crippen molar-refractivity contribution >= 4 is 21.9 Å². The van der Waals surface area contributed by atoms with Crippen LogP contribution in [-0.2, 0) is 0 Å². The molecule has 4 rings (SSSR count). The number of rotatable bonds is 1. The van der Waals surface area contributed by atoms with Crippen LogP contribution in [0.15, 0.2) is 45.2 Å². The Labute approximate surface area is 147 Å². The zero-order valence-electron chi connectivity index (χ0n) is 12.9. The van der Waals surface area contributed by atoms with Crippen LogP contribution in [0.1, 0.15) is 5.76 Å². The molecule has 2 heterocycles. The minimum Gasteiger partial charge on any atom is -1.00 e. The number of aromatic hydroxyl groups is 3. The first kappa shape index (κ1) is 16.7. The number of benzene rings is 2. The molecule has 0 amide bonds. The van der Waals surface area contributed by atoms with Gasteiger partial charge in [0, 0.05) is 10.9 Å². The van der Waals surface area contributed by atoms with Crippen LogP contribution in [0.2, 0.25) is 0 Å². The second-order valence-electron chi connectivity index (χ2n) is 5.57. The van der Waals surface area contributed by atoms with E-state index in [-0.39, 0.29) is 40.8 Å². The predicted molar refractivity (Wildman–Crippen MR) is 86.2 cm³/mol. The van der Waals surface area contributed by atoms with Gasteiger partial charge in [-0.05, 0) is 31.2 Å². The topological polar surface area (TPSA) is 108 Å². The number of hydrogen-bond donors (Lipinski definition) is 3. The van der Waals surface area contributed by atoms with Gasteiger partial charge in [0.15, 0.2) is 23.0 Å². The molecule has 7 heteroatoms. The first-order valence-corrected chi connectivity index (χ1v) is 7.18.